The molecular formula is C25H32N2O6. The van der Waals surface area contributed by atoms with Crippen molar-refractivity contribution in [3.05, 3.63) is 47.5 Å². The number of amides is 2. The Morgan fingerprint density at radius 2 is 1.73 bits per heavy atom. The summed E-state index contributed by atoms with van der Waals surface area (Å²) in [6, 6.07) is 10.5. The molecule has 178 valence electrons. The Labute approximate surface area is 195 Å². The standard InChI is InChI=1S/C25H32N2O6/c1-5-6-7-14-33-23-16-20(10-11-21(23)30-2)27-13-12-26(25(27)29)17-19-9-8-18(24(28)32-4)15-22(19)31-3/h8-11,15-16H,5-7,12-14,17H2,1-4H3. The van der Waals surface area contributed by atoms with Gasteiger partial charge in [0, 0.05) is 30.4 Å². The van der Waals surface area contributed by atoms with E-state index in [9.17, 15) is 9.59 Å². The molecule has 0 saturated carbocycles. The van der Waals surface area contributed by atoms with Crippen LogP contribution in [0.15, 0.2) is 36.4 Å². The maximum absolute atomic E-state index is 13.2. The molecule has 8 nitrogen and oxygen atoms in total. The van der Waals surface area contributed by atoms with E-state index in [4.69, 9.17) is 18.9 Å². The van der Waals surface area contributed by atoms with Crippen LogP contribution in [0.2, 0.25) is 0 Å². The number of hydrogen-bond donors (Lipinski definition) is 0. The van der Waals surface area contributed by atoms with E-state index in [0.717, 1.165) is 30.5 Å². The number of urea groups is 1. The second-order valence-electron chi connectivity index (χ2n) is 7.76. The molecule has 0 aliphatic carbocycles. The second-order valence-corrected chi connectivity index (χ2v) is 7.76. The van der Waals surface area contributed by atoms with Crippen LogP contribution in [0.5, 0.6) is 17.2 Å². The number of methoxy groups -OCH3 is 3. The summed E-state index contributed by atoms with van der Waals surface area (Å²) in [5.74, 6) is 1.39. The average molecular weight is 457 g/mol. The smallest absolute Gasteiger partial charge is 0.337 e. The lowest BCUT2D eigenvalue weighted by atomic mass is 10.1. The molecule has 0 bridgehead atoms. The van der Waals surface area contributed by atoms with E-state index in [1.54, 1.807) is 35.1 Å². The van der Waals surface area contributed by atoms with Crippen LogP contribution in [0.1, 0.15) is 42.1 Å². The van der Waals surface area contributed by atoms with Crippen LogP contribution in [0.25, 0.3) is 0 Å². The van der Waals surface area contributed by atoms with Crippen LogP contribution in [-0.4, -0.2) is 57.9 Å². The summed E-state index contributed by atoms with van der Waals surface area (Å²) in [7, 11) is 4.48. The monoisotopic (exact) mass is 456 g/mol. The first kappa shape index (κ1) is 24.2. The van der Waals surface area contributed by atoms with E-state index in [2.05, 4.69) is 6.92 Å². The quantitative estimate of drug-likeness (QED) is 0.366. The fourth-order valence-corrected chi connectivity index (χ4v) is 3.77. The minimum absolute atomic E-state index is 0.101. The van der Waals surface area contributed by atoms with E-state index in [1.165, 1.54) is 14.2 Å². The molecule has 1 aliphatic rings. The van der Waals surface area contributed by atoms with Crippen molar-refractivity contribution in [1.82, 2.24) is 4.90 Å². The largest absolute Gasteiger partial charge is 0.496 e. The number of carbonyl (C=O) groups is 2. The lowest BCUT2D eigenvalue weighted by Crippen LogP contribution is -2.31. The Balaban J connectivity index is 1.73. The highest BCUT2D eigenvalue weighted by atomic mass is 16.5. The van der Waals surface area contributed by atoms with Crippen LogP contribution >= 0.6 is 0 Å². The second kappa shape index (κ2) is 11.4. The molecule has 0 aromatic heterocycles. The predicted octanol–water partition coefficient (Wildman–Crippen LogP) is 4.50. The zero-order chi connectivity index (χ0) is 23.8. The number of hydrogen-bond acceptors (Lipinski definition) is 6. The number of esters is 1. The van der Waals surface area contributed by atoms with Crippen LogP contribution in [0, 0.1) is 0 Å². The summed E-state index contributed by atoms with van der Waals surface area (Å²) in [6.45, 7) is 4.25. The Hall–Kier alpha value is -3.42. The molecule has 0 radical (unpaired) electrons. The minimum Gasteiger partial charge on any atom is -0.496 e. The van der Waals surface area contributed by atoms with Crippen molar-refractivity contribution >= 4 is 17.7 Å². The molecular weight excluding hydrogens is 424 g/mol. The maximum atomic E-state index is 13.2. The molecule has 1 heterocycles. The third-order valence-electron chi connectivity index (χ3n) is 5.63. The van der Waals surface area contributed by atoms with E-state index < -0.39 is 5.97 Å². The van der Waals surface area contributed by atoms with Gasteiger partial charge in [-0.1, -0.05) is 25.8 Å². The normalized spacial score (nSPS) is 13.3. The Morgan fingerprint density at radius 3 is 2.42 bits per heavy atom. The Bertz CT molecular complexity index is 977. The Kier molecular flexibility index (Phi) is 8.40. The number of ether oxygens (including phenoxy) is 4. The summed E-state index contributed by atoms with van der Waals surface area (Å²) in [4.78, 5) is 28.4. The van der Waals surface area contributed by atoms with Crippen molar-refractivity contribution in [2.24, 2.45) is 0 Å². The summed E-state index contributed by atoms with van der Waals surface area (Å²) in [5.41, 5.74) is 1.98. The van der Waals surface area contributed by atoms with E-state index in [-0.39, 0.29) is 6.03 Å². The zero-order valence-electron chi connectivity index (χ0n) is 19.8. The lowest BCUT2D eigenvalue weighted by Gasteiger charge is -2.21. The predicted molar refractivity (Wildman–Crippen MR) is 125 cm³/mol. The van der Waals surface area contributed by atoms with Gasteiger partial charge in [0.15, 0.2) is 11.5 Å². The molecule has 0 atom stereocenters. The van der Waals surface area contributed by atoms with Crippen LogP contribution in [0.3, 0.4) is 0 Å². The molecule has 8 heteroatoms. The summed E-state index contributed by atoms with van der Waals surface area (Å²) >= 11 is 0. The average Bonchev–Trinajstić information content (AvgIpc) is 3.21. The zero-order valence-corrected chi connectivity index (χ0v) is 19.8. The van der Waals surface area contributed by atoms with Crippen molar-refractivity contribution in [1.29, 1.82) is 0 Å². The molecule has 2 aromatic rings. The highest BCUT2D eigenvalue weighted by Crippen LogP contribution is 2.34. The van der Waals surface area contributed by atoms with Gasteiger partial charge in [-0.2, -0.15) is 0 Å². The van der Waals surface area contributed by atoms with Crippen LogP contribution in [-0.2, 0) is 11.3 Å². The first-order chi connectivity index (χ1) is 16.0. The maximum Gasteiger partial charge on any atom is 0.337 e. The van der Waals surface area contributed by atoms with Gasteiger partial charge in [-0.3, -0.25) is 4.90 Å². The summed E-state index contributed by atoms with van der Waals surface area (Å²) in [6.07, 6.45) is 3.19. The van der Waals surface area contributed by atoms with Gasteiger partial charge in [0.2, 0.25) is 0 Å². The van der Waals surface area contributed by atoms with Gasteiger partial charge in [-0.25, -0.2) is 9.59 Å². The van der Waals surface area contributed by atoms with Gasteiger partial charge in [-0.15, -0.1) is 0 Å². The van der Waals surface area contributed by atoms with Crippen molar-refractivity contribution in [2.75, 3.05) is 45.9 Å². The number of carbonyl (C=O) groups excluding carboxylic acids is 2. The first-order valence-electron chi connectivity index (χ1n) is 11.1. The number of benzene rings is 2. The highest BCUT2D eigenvalue weighted by Gasteiger charge is 2.31. The van der Waals surface area contributed by atoms with Gasteiger partial charge in [0.05, 0.1) is 40.0 Å². The van der Waals surface area contributed by atoms with Crippen LogP contribution < -0.4 is 19.1 Å². The highest BCUT2D eigenvalue weighted by molar-refractivity contribution is 5.94. The third-order valence-corrected chi connectivity index (χ3v) is 5.63. The summed E-state index contributed by atoms with van der Waals surface area (Å²) < 4.78 is 21.6. The van der Waals surface area contributed by atoms with Crippen molar-refractivity contribution < 1.29 is 28.5 Å². The van der Waals surface area contributed by atoms with E-state index in [0.29, 0.717) is 49.1 Å². The minimum atomic E-state index is -0.435. The molecule has 1 fully saturated rings. The fraction of sp³-hybridized carbons (Fsp3) is 0.440. The molecule has 0 unspecified atom stereocenters. The number of anilines is 1. The molecule has 1 aliphatic heterocycles. The number of unbranched alkanes of at least 4 members (excludes halogenated alkanes) is 2. The molecule has 2 aromatic carbocycles. The lowest BCUT2D eigenvalue weighted by molar-refractivity contribution is 0.0600. The van der Waals surface area contributed by atoms with Crippen LogP contribution in [0.4, 0.5) is 10.5 Å². The SMILES string of the molecule is CCCCCOc1cc(N2CCN(Cc3ccc(C(=O)OC)cc3OC)C2=O)ccc1OC. The number of nitrogens with zero attached hydrogens (tertiary/aromatic N) is 2. The molecule has 33 heavy (non-hydrogen) atoms. The topological polar surface area (TPSA) is 77.5 Å². The third kappa shape index (κ3) is 5.69. The molecule has 2 amide bonds. The molecule has 0 N–H and O–H groups in total. The van der Waals surface area contributed by atoms with Crippen molar-refractivity contribution in [2.45, 2.75) is 32.7 Å². The van der Waals surface area contributed by atoms with Crippen molar-refractivity contribution in [3.63, 3.8) is 0 Å². The van der Waals surface area contributed by atoms with Gasteiger partial charge in [0.1, 0.15) is 5.75 Å². The van der Waals surface area contributed by atoms with Gasteiger partial charge in [-0.05, 0) is 30.7 Å². The molecule has 1 saturated heterocycles. The molecule has 3 rings (SSSR count). The fourth-order valence-electron chi connectivity index (χ4n) is 3.77. The first-order valence-corrected chi connectivity index (χ1v) is 11.1. The Morgan fingerprint density at radius 1 is 0.939 bits per heavy atom. The van der Waals surface area contributed by atoms with E-state index in [1.807, 2.05) is 18.2 Å². The molecule has 0 spiro atoms. The van der Waals surface area contributed by atoms with Gasteiger partial charge in [0.25, 0.3) is 0 Å². The van der Waals surface area contributed by atoms with Gasteiger partial charge >= 0.3 is 12.0 Å². The van der Waals surface area contributed by atoms with Crippen molar-refractivity contribution in [3.8, 4) is 17.2 Å². The van der Waals surface area contributed by atoms with E-state index >= 15 is 0 Å². The number of rotatable bonds is 11. The van der Waals surface area contributed by atoms with Gasteiger partial charge < -0.3 is 23.8 Å². The summed E-state index contributed by atoms with van der Waals surface area (Å²) in [5, 5.41) is 0.